The van der Waals surface area contributed by atoms with Crippen molar-refractivity contribution in [3.63, 3.8) is 0 Å². The molecule has 1 saturated carbocycles. The molecule has 0 saturated heterocycles. The molecular weight excluding hydrogens is 504 g/mol. The molecule has 210 valence electrons. The molecule has 0 amide bonds. The second-order valence-electron chi connectivity index (χ2n) is 10.7. The van der Waals surface area contributed by atoms with Crippen LogP contribution in [0.1, 0.15) is 81.8 Å². The Labute approximate surface area is 229 Å². The van der Waals surface area contributed by atoms with Crippen molar-refractivity contribution in [3.05, 3.63) is 82.9 Å². The van der Waals surface area contributed by atoms with Crippen LogP contribution in [-0.4, -0.2) is 13.2 Å². The summed E-state index contributed by atoms with van der Waals surface area (Å²) in [6.45, 7) is 4.70. The molecule has 0 heterocycles. The lowest BCUT2D eigenvalue weighted by molar-refractivity contribution is 0.191. The number of ether oxygens (including phenoxy) is 2. The number of aryl methyl sites for hydroxylation is 1. The van der Waals surface area contributed by atoms with Crippen molar-refractivity contribution in [2.24, 2.45) is 5.92 Å². The van der Waals surface area contributed by atoms with Gasteiger partial charge in [0, 0.05) is 5.56 Å². The van der Waals surface area contributed by atoms with Crippen LogP contribution in [0.4, 0.5) is 17.6 Å². The quantitative estimate of drug-likeness (QED) is 0.167. The first-order valence-corrected chi connectivity index (χ1v) is 14.2. The smallest absolute Gasteiger partial charge is 0.201 e. The molecule has 0 radical (unpaired) electrons. The zero-order chi connectivity index (χ0) is 27.8. The Morgan fingerprint density at radius 3 is 2.03 bits per heavy atom. The standard InChI is InChI=1S/C33H38F4O2/c1-3-4-5-6-7-20-38-28-18-16-27(30(34)32(28)36)25-14-10-23(11-15-25)21-39-29-19-17-26(31(35)33(29)37)24-12-8-22(2)9-13-24/h8-9,12-13,16-19,23,25H,3-7,10-11,14-15,20-21H2,1-2H3. The van der Waals surface area contributed by atoms with E-state index in [2.05, 4.69) is 6.92 Å². The molecule has 0 atom stereocenters. The third-order valence-corrected chi connectivity index (χ3v) is 7.75. The zero-order valence-electron chi connectivity index (χ0n) is 22.9. The molecule has 3 aromatic rings. The van der Waals surface area contributed by atoms with E-state index in [1.807, 2.05) is 19.1 Å². The van der Waals surface area contributed by atoms with E-state index < -0.39 is 23.3 Å². The van der Waals surface area contributed by atoms with Gasteiger partial charge in [-0.25, -0.2) is 8.78 Å². The molecule has 39 heavy (non-hydrogen) atoms. The van der Waals surface area contributed by atoms with Crippen molar-refractivity contribution in [1.82, 2.24) is 0 Å². The molecule has 1 aliphatic rings. The molecule has 0 N–H and O–H groups in total. The summed E-state index contributed by atoms with van der Waals surface area (Å²) in [6, 6.07) is 13.4. The highest BCUT2D eigenvalue weighted by Crippen LogP contribution is 2.39. The van der Waals surface area contributed by atoms with Gasteiger partial charge in [-0.05, 0) is 80.2 Å². The van der Waals surface area contributed by atoms with E-state index in [-0.39, 0.29) is 35.5 Å². The van der Waals surface area contributed by atoms with E-state index in [1.165, 1.54) is 24.6 Å². The van der Waals surface area contributed by atoms with Gasteiger partial charge in [-0.3, -0.25) is 0 Å². The van der Waals surface area contributed by atoms with Crippen LogP contribution in [0.2, 0.25) is 0 Å². The fourth-order valence-corrected chi connectivity index (χ4v) is 5.31. The van der Waals surface area contributed by atoms with Gasteiger partial charge in [0.05, 0.1) is 13.2 Å². The van der Waals surface area contributed by atoms with Crippen molar-refractivity contribution in [2.45, 2.75) is 77.6 Å². The van der Waals surface area contributed by atoms with Crippen LogP contribution >= 0.6 is 0 Å². The second kappa shape index (κ2) is 13.9. The van der Waals surface area contributed by atoms with E-state index in [1.54, 1.807) is 18.2 Å². The average Bonchev–Trinajstić information content (AvgIpc) is 2.95. The van der Waals surface area contributed by atoms with E-state index in [0.29, 0.717) is 30.6 Å². The van der Waals surface area contributed by atoms with E-state index in [0.717, 1.165) is 44.1 Å². The van der Waals surface area contributed by atoms with Crippen LogP contribution in [0.3, 0.4) is 0 Å². The van der Waals surface area contributed by atoms with Gasteiger partial charge in [-0.15, -0.1) is 0 Å². The minimum absolute atomic E-state index is 0.0310. The predicted octanol–water partition coefficient (Wildman–Crippen LogP) is 9.92. The maximum atomic E-state index is 14.9. The highest BCUT2D eigenvalue weighted by Gasteiger charge is 2.27. The highest BCUT2D eigenvalue weighted by atomic mass is 19.2. The zero-order valence-corrected chi connectivity index (χ0v) is 22.9. The number of hydrogen-bond donors (Lipinski definition) is 0. The Morgan fingerprint density at radius 2 is 1.31 bits per heavy atom. The molecule has 1 fully saturated rings. The number of rotatable bonds is 12. The Kier molecular flexibility index (Phi) is 10.3. The van der Waals surface area contributed by atoms with Crippen LogP contribution in [-0.2, 0) is 0 Å². The summed E-state index contributed by atoms with van der Waals surface area (Å²) in [4.78, 5) is 0. The lowest BCUT2D eigenvalue weighted by atomic mass is 9.79. The van der Waals surface area contributed by atoms with Crippen molar-refractivity contribution in [3.8, 4) is 22.6 Å². The Balaban J connectivity index is 1.28. The molecule has 1 aliphatic carbocycles. The number of benzene rings is 3. The highest BCUT2D eigenvalue weighted by molar-refractivity contribution is 5.65. The average molecular weight is 543 g/mol. The third kappa shape index (κ3) is 7.34. The predicted molar refractivity (Wildman–Crippen MR) is 147 cm³/mol. The Morgan fingerprint density at radius 1 is 0.667 bits per heavy atom. The minimum atomic E-state index is -0.998. The summed E-state index contributed by atoms with van der Waals surface area (Å²) in [5.74, 6) is -3.78. The summed E-state index contributed by atoms with van der Waals surface area (Å²) < 4.78 is 70.2. The monoisotopic (exact) mass is 542 g/mol. The lowest BCUT2D eigenvalue weighted by Gasteiger charge is -2.29. The largest absolute Gasteiger partial charge is 0.490 e. The second-order valence-corrected chi connectivity index (χ2v) is 10.7. The van der Waals surface area contributed by atoms with Crippen molar-refractivity contribution >= 4 is 0 Å². The fraction of sp³-hybridized carbons (Fsp3) is 0.455. The molecule has 0 spiro atoms. The topological polar surface area (TPSA) is 18.5 Å². The van der Waals surface area contributed by atoms with Gasteiger partial charge >= 0.3 is 0 Å². The summed E-state index contributed by atoms with van der Waals surface area (Å²) in [6.07, 6.45) is 8.08. The van der Waals surface area contributed by atoms with Crippen molar-refractivity contribution in [2.75, 3.05) is 13.2 Å². The van der Waals surface area contributed by atoms with E-state index in [4.69, 9.17) is 9.47 Å². The molecule has 0 aliphatic heterocycles. The molecule has 0 aromatic heterocycles. The summed E-state index contributed by atoms with van der Waals surface area (Å²) in [5.41, 5.74) is 2.21. The first-order chi connectivity index (χ1) is 18.9. The van der Waals surface area contributed by atoms with E-state index in [9.17, 15) is 17.6 Å². The van der Waals surface area contributed by atoms with Gasteiger partial charge in [-0.1, -0.05) is 68.5 Å². The first-order valence-electron chi connectivity index (χ1n) is 14.2. The first kappa shape index (κ1) is 29.0. The van der Waals surface area contributed by atoms with Gasteiger partial charge in [0.25, 0.3) is 0 Å². The van der Waals surface area contributed by atoms with Crippen molar-refractivity contribution in [1.29, 1.82) is 0 Å². The SMILES string of the molecule is CCCCCCCOc1ccc(C2CCC(COc3ccc(-c4ccc(C)cc4)c(F)c3F)CC2)c(F)c1F. The Bertz CT molecular complexity index is 1220. The van der Waals surface area contributed by atoms with Gasteiger partial charge in [0.2, 0.25) is 11.6 Å². The van der Waals surface area contributed by atoms with Crippen LogP contribution in [0.25, 0.3) is 11.1 Å². The number of halogens is 4. The molecule has 0 unspecified atom stereocenters. The van der Waals surface area contributed by atoms with Crippen LogP contribution in [0, 0.1) is 36.1 Å². The summed E-state index contributed by atoms with van der Waals surface area (Å²) in [7, 11) is 0. The van der Waals surface area contributed by atoms with Crippen LogP contribution in [0.15, 0.2) is 48.5 Å². The molecule has 6 heteroatoms. The van der Waals surface area contributed by atoms with Gasteiger partial charge < -0.3 is 9.47 Å². The van der Waals surface area contributed by atoms with Crippen LogP contribution in [0.5, 0.6) is 11.5 Å². The normalized spacial score (nSPS) is 17.3. The third-order valence-electron chi connectivity index (χ3n) is 7.75. The van der Waals surface area contributed by atoms with Gasteiger partial charge in [0.15, 0.2) is 23.1 Å². The van der Waals surface area contributed by atoms with Crippen molar-refractivity contribution < 1.29 is 27.0 Å². The molecule has 4 rings (SSSR count). The van der Waals surface area contributed by atoms with E-state index >= 15 is 0 Å². The summed E-state index contributed by atoms with van der Waals surface area (Å²) >= 11 is 0. The lowest BCUT2D eigenvalue weighted by Crippen LogP contribution is -2.20. The number of unbranched alkanes of at least 4 members (excludes halogenated alkanes) is 4. The maximum Gasteiger partial charge on any atom is 0.201 e. The molecule has 3 aromatic carbocycles. The fourth-order valence-electron chi connectivity index (χ4n) is 5.31. The molecule has 2 nitrogen and oxygen atoms in total. The summed E-state index contributed by atoms with van der Waals surface area (Å²) in [5, 5.41) is 0. The van der Waals surface area contributed by atoms with Crippen LogP contribution < -0.4 is 9.47 Å². The molecule has 0 bridgehead atoms. The van der Waals surface area contributed by atoms with Gasteiger partial charge in [0.1, 0.15) is 0 Å². The molecular formula is C33H38F4O2. The maximum absolute atomic E-state index is 14.9. The number of hydrogen-bond acceptors (Lipinski definition) is 2. The minimum Gasteiger partial charge on any atom is -0.490 e. The Hall–Kier alpha value is -3.02. The van der Waals surface area contributed by atoms with Gasteiger partial charge in [-0.2, -0.15) is 8.78 Å².